The van der Waals surface area contributed by atoms with Crippen LogP contribution in [0.2, 0.25) is 0 Å². The van der Waals surface area contributed by atoms with E-state index in [4.69, 9.17) is 9.47 Å². The van der Waals surface area contributed by atoms with E-state index in [9.17, 15) is 4.79 Å². The highest BCUT2D eigenvalue weighted by Crippen LogP contribution is 2.60. The van der Waals surface area contributed by atoms with Gasteiger partial charge in [-0.3, -0.25) is 4.79 Å². The number of rotatable bonds is 3. The van der Waals surface area contributed by atoms with Crippen molar-refractivity contribution < 1.29 is 14.3 Å². The molecular weight excluding hydrogens is 180 g/mol. The molecule has 0 heterocycles. The first kappa shape index (κ1) is 9.56. The lowest BCUT2D eigenvalue weighted by atomic mass is 10.1. The van der Waals surface area contributed by atoms with Gasteiger partial charge in [0.25, 0.3) is 0 Å². The maximum Gasteiger partial charge on any atom is 0.309 e. The number of methoxy groups -OCH3 is 1. The molecule has 3 heteroatoms. The van der Waals surface area contributed by atoms with Crippen molar-refractivity contribution in [3.8, 4) is 0 Å². The first-order chi connectivity index (χ1) is 6.79. The topological polar surface area (TPSA) is 35.5 Å². The molecule has 0 aromatic rings. The van der Waals surface area contributed by atoms with Crippen LogP contribution in [0.4, 0.5) is 0 Å². The van der Waals surface area contributed by atoms with Crippen LogP contribution >= 0.6 is 0 Å². The van der Waals surface area contributed by atoms with Gasteiger partial charge in [0.1, 0.15) is 0 Å². The van der Waals surface area contributed by atoms with Crippen LogP contribution in [-0.4, -0.2) is 19.7 Å². The van der Waals surface area contributed by atoms with Crippen LogP contribution in [-0.2, 0) is 14.3 Å². The zero-order chi connectivity index (χ0) is 10.1. The SMILES string of the molecule is CCOC(=O)[C@@H]1[C@H]2CC/C(=C\OC)[C@@H]21. The lowest BCUT2D eigenvalue weighted by Crippen LogP contribution is -2.10. The van der Waals surface area contributed by atoms with E-state index in [-0.39, 0.29) is 11.9 Å². The van der Waals surface area contributed by atoms with Crippen molar-refractivity contribution in [1.82, 2.24) is 0 Å². The maximum absolute atomic E-state index is 11.5. The second-order valence-electron chi connectivity index (χ2n) is 3.93. The minimum Gasteiger partial charge on any atom is -0.504 e. The van der Waals surface area contributed by atoms with Crippen molar-refractivity contribution in [2.24, 2.45) is 17.8 Å². The Bertz CT molecular complexity index is 270. The third kappa shape index (κ3) is 1.41. The molecule has 2 aliphatic carbocycles. The van der Waals surface area contributed by atoms with Gasteiger partial charge >= 0.3 is 5.97 Å². The summed E-state index contributed by atoms with van der Waals surface area (Å²) in [6.45, 7) is 2.33. The highest BCUT2D eigenvalue weighted by Gasteiger charge is 2.60. The molecule has 0 unspecified atom stereocenters. The fourth-order valence-electron chi connectivity index (χ4n) is 2.59. The molecule has 0 aromatic carbocycles. The van der Waals surface area contributed by atoms with Gasteiger partial charge in [0.2, 0.25) is 0 Å². The van der Waals surface area contributed by atoms with E-state index in [0.717, 1.165) is 12.8 Å². The number of hydrogen-bond donors (Lipinski definition) is 0. The van der Waals surface area contributed by atoms with Crippen molar-refractivity contribution >= 4 is 5.97 Å². The largest absolute Gasteiger partial charge is 0.504 e. The van der Waals surface area contributed by atoms with Crippen LogP contribution in [0, 0.1) is 17.8 Å². The van der Waals surface area contributed by atoms with Crippen molar-refractivity contribution in [3.63, 3.8) is 0 Å². The van der Waals surface area contributed by atoms with E-state index in [1.54, 1.807) is 13.4 Å². The number of esters is 1. The minimum absolute atomic E-state index is 0.0239. The molecule has 0 amide bonds. The number of ether oxygens (including phenoxy) is 2. The first-order valence-corrected chi connectivity index (χ1v) is 5.18. The molecule has 0 spiro atoms. The highest BCUT2D eigenvalue weighted by molar-refractivity contribution is 5.78. The number of carbonyl (C=O) groups excluding carboxylic acids is 1. The third-order valence-electron chi connectivity index (χ3n) is 3.19. The monoisotopic (exact) mass is 196 g/mol. The Balaban J connectivity index is 1.96. The molecule has 3 nitrogen and oxygen atoms in total. The van der Waals surface area contributed by atoms with Crippen LogP contribution < -0.4 is 0 Å². The molecular formula is C11H16O3. The second-order valence-corrected chi connectivity index (χ2v) is 3.93. The zero-order valence-corrected chi connectivity index (χ0v) is 8.66. The average molecular weight is 196 g/mol. The lowest BCUT2D eigenvalue weighted by molar-refractivity contribution is -0.145. The van der Waals surface area contributed by atoms with Gasteiger partial charge in [0, 0.05) is 5.92 Å². The lowest BCUT2D eigenvalue weighted by Gasteiger charge is -2.05. The van der Waals surface area contributed by atoms with Crippen LogP contribution in [0.1, 0.15) is 19.8 Å². The summed E-state index contributed by atoms with van der Waals surface area (Å²) in [5.74, 6) is 1.07. The Hall–Kier alpha value is -0.990. The van der Waals surface area contributed by atoms with Crippen LogP contribution in [0.25, 0.3) is 0 Å². The van der Waals surface area contributed by atoms with Gasteiger partial charge in [-0.2, -0.15) is 0 Å². The van der Waals surface area contributed by atoms with Gasteiger partial charge in [-0.1, -0.05) is 0 Å². The Kier molecular flexibility index (Phi) is 2.48. The summed E-state index contributed by atoms with van der Waals surface area (Å²) in [5, 5.41) is 0. The number of hydrogen-bond acceptors (Lipinski definition) is 3. The summed E-state index contributed by atoms with van der Waals surface area (Å²) in [6, 6.07) is 0. The van der Waals surface area contributed by atoms with Crippen molar-refractivity contribution in [3.05, 3.63) is 11.8 Å². The molecule has 0 radical (unpaired) electrons. The average Bonchev–Trinajstić information content (AvgIpc) is 2.76. The normalized spacial score (nSPS) is 36.7. The summed E-state index contributed by atoms with van der Waals surface area (Å²) in [6.07, 6.45) is 3.99. The van der Waals surface area contributed by atoms with Crippen molar-refractivity contribution in [2.45, 2.75) is 19.8 Å². The van der Waals surface area contributed by atoms with Gasteiger partial charge < -0.3 is 9.47 Å². The number of carbonyl (C=O) groups is 1. The molecule has 2 saturated carbocycles. The Morgan fingerprint density at radius 2 is 2.43 bits per heavy atom. The summed E-state index contributed by atoms with van der Waals surface area (Å²) in [5.41, 5.74) is 1.29. The van der Waals surface area contributed by atoms with Crippen molar-refractivity contribution in [2.75, 3.05) is 13.7 Å². The van der Waals surface area contributed by atoms with E-state index in [0.29, 0.717) is 18.4 Å². The minimum atomic E-state index is -0.0239. The highest BCUT2D eigenvalue weighted by atomic mass is 16.5. The molecule has 0 bridgehead atoms. The Morgan fingerprint density at radius 3 is 3.07 bits per heavy atom. The van der Waals surface area contributed by atoms with Gasteiger partial charge in [-0.15, -0.1) is 0 Å². The van der Waals surface area contributed by atoms with E-state index < -0.39 is 0 Å². The zero-order valence-electron chi connectivity index (χ0n) is 8.66. The molecule has 0 aliphatic heterocycles. The van der Waals surface area contributed by atoms with Crippen LogP contribution in [0.15, 0.2) is 11.8 Å². The summed E-state index contributed by atoms with van der Waals surface area (Å²) in [7, 11) is 1.65. The molecule has 2 aliphatic rings. The van der Waals surface area contributed by atoms with E-state index in [1.807, 2.05) is 6.92 Å². The number of allylic oxidation sites excluding steroid dienone is 1. The smallest absolute Gasteiger partial charge is 0.309 e. The predicted octanol–water partition coefficient (Wildman–Crippen LogP) is 1.74. The van der Waals surface area contributed by atoms with Gasteiger partial charge in [-0.05, 0) is 31.3 Å². The first-order valence-electron chi connectivity index (χ1n) is 5.18. The van der Waals surface area contributed by atoms with E-state index in [2.05, 4.69) is 0 Å². The summed E-state index contributed by atoms with van der Waals surface area (Å²) < 4.78 is 10.0. The second kappa shape index (κ2) is 3.64. The maximum atomic E-state index is 11.5. The van der Waals surface area contributed by atoms with Gasteiger partial charge in [0.15, 0.2) is 0 Å². The molecule has 78 valence electrons. The summed E-state index contributed by atoms with van der Waals surface area (Å²) in [4.78, 5) is 11.5. The number of fused-ring (bicyclic) bond motifs is 1. The molecule has 0 N–H and O–H groups in total. The van der Waals surface area contributed by atoms with Crippen LogP contribution in [0.3, 0.4) is 0 Å². The molecule has 14 heavy (non-hydrogen) atoms. The Morgan fingerprint density at radius 1 is 1.64 bits per heavy atom. The fraction of sp³-hybridized carbons (Fsp3) is 0.727. The summed E-state index contributed by atoms with van der Waals surface area (Å²) >= 11 is 0. The molecule has 3 atom stereocenters. The van der Waals surface area contributed by atoms with E-state index in [1.165, 1.54) is 5.57 Å². The predicted molar refractivity (Wildman–Crippen MR) is 51.4 cm³/mol. The van der Waals surface area contributed by atoms with E-state index >= 15 is 0 Å². The fourth-order valence-corrected chi connectivity index (χ4v) is 2.59. The Labute approximate surface area is 84.1 Å². The third-order valence-corrected chi connectivity index (χ3v) is 3.19. The van der Waals surface area contributed by atoms with Crippen LogP contribution in [0.5, 0.6) is 0 Å². The van der Waals surface area contributed by atoms with Gasteiger partial charge in [0.05, 0.1) is 25.9 Å². The quantitative estimate of drug-likeness (QED) is 0.509. The van der Waals surface area contributed by atoms with Crippen molar-refractivity contribution in [1.29, 1.82) is 0 Å². The molecule has 0 aromatic heterocycles. The van der Waals surface area contributed by atoms with Gasteiger partial charge in [-0.25, -0.2) is 0 Å². The molecule has 0 saturated heterocycles. The molecule has 2 rings (SSSR count). The standard InChI is InChI=1S/C11H16O3/c1-3-14-11(12)10-8-5-4-7(6-13-2)9(8)10/h6,8-10H,3-5H2,1-2H3/b7-6+/t8-,9-,10+/m0/s1. The molecule has 2 fully saturated rings.